The summed E-state index contributed by atoms with van der Waals surface area (Å²) in [6.45, 7) is 6.50. The number of esters is 3. The van der Waals surface area contributed by atoms with Gasteiger partial charge in [0.05, 0.1) is 0 Å². The molecule has 77 heavy (non-hydrogen) atoms. The van der Waals surface area contributed by atoms with Gasteiger partial charge in [-0.1, -0.05) is 265 Å². The Morgan fingerprint density at radius 2 is 0.506 bits per heavy atom. The van der Waals surface area contributed by atoms with Crippen LogP contribution in [0.1, 0.15) is 303 Å². The van der Waals surface area contributed by atoms with E-state index in [0.29, 0.717) is 19.3 Å². The lowest BCUT2D eigenvalue weighted by Crippen LogP contribution is -2.30. The number of hydrogen-bond acceptors (Lipinski definition) is 6. The van der Waals surface area contributed by atoms with E-state index in [-0.39, 0.29) is 31.1 Å². The molecule has 0 radical (unpaired) electrons. The van der Waals surface area contributed by atoms with Gasteiger partial charge in [0.15, 0.2) is 6.10 Å². The van der Waals surface area contributed by atoms with Gasteiger partial charge in [0.1, 0.15) is 13.2 Å². The highest BCUT2D eigenvalue weighted by Gasteiger charge is 2.19. The van der Waals surface area contributed by atoms with E-state index in [1.54, 1.807) is 0 Å². The van der Waals surface area contributed by atoms with E-state index in [1.807, 2.05) is 0 Å². The molecule has 0 aromatic rings. The molecular weight excluding hydrogens is 949 g/mol. The van der Waals surface area contributed by atoms with Crippen LogP contribution in [0.4, 0.5) is 0 Å². The Labute approximate surface area is 476 Å². The molecular formula is C71H120O6. The molecule has 0 N–H and O–H groups in total. The summed E-state index contributed by atoms with van der Waals surface area (Å²) in [7, 11) is 0. The number of allylic oxidation sites excluding steroid dienone is 18. The van der Waals surface area contributed by atoms with Crippen LogP contribution in [-0.2, 0) is 28.6 Å². The van der Waals surface area contributed by atoms with Crippen molar-refractivity contribution in [3.05, 3.63) is 109 Å². The summed E-state index contributed by atoms with van der Waals surface area (Å²) in [4.78, 5) is 38.4. The molecule has 1 atom stereocenters. The van der Waals surface area contributed by atoms with Gasteiger partial charge >= 0.3 is 17.9 Å². The van der Waals surface area contributed by atoms with E-state index in [4.69, 9.17) is 14.2 Å². The Morgan fingerprint density at radius 1 is 0.273 bits per heavy atom. The maximum Gasteiger partial charge on any atom is 0.306 e. The summed E-state index contributed by atoms with van der Waals surface area (Å²) in [5.41, 5.74) is 0. The first kappa shape index (κ1) is 73.1. The summed E-state index contributed by atoms with van der Waals surface area (Å²) in [5.74, 6) is -0.908. The van der Waals surface area contributed by atoms with Gasteiger partial charge in [0.2, 0.25) is 0 Å². The molecule has 0 saturated heterocycles. The van der Waals surface area contributed by atoms with Gasteiger partial charge in [-0.2, -0.15) is 0 Å². The average Bonchev–Trinajstić information content (AvgIpc) is 3.43. The second-order valence-electron chi connectivity index (χ2n) is 21.3. The van der Waals surface area contributed by atoms with Crippen molar-refractivity contribution in [3.63, 3.8) is 0 Å². The Balaban J connectivity index is 4.42. The molecule has 1 unspecified atom stereocenters. The monoisotopic (exact) mass is 1070 g/mol. The lowest BCUT2D eigenvalue weighted by atomic mass is 10.1. The Bertz CT molecular complexity index is 1560. The number of hydrogen-bond donors (Lipinski definition) is 0. The van der Waals surface area contributed by atoms with E-state index in [0.717, 1.165) is 122 Å². The molecule has 0 rings (SSSR count). The van der Waals surface area contributed by atoms with Gasteiger partial charge in [-0.3, -0.25) is 14.4 Å². The highest BCUT2D eigenvalue weighted by atomic mass is 16.6. The van der Waals surface area contributed by atoms with Crippen LogP contribution in [0.3, 0.4) is 0 Å². The molecule has 0 aromatic carbocycles. The van der Waals surface area contributed by atoms with Crippen LogP contribution in [-0.4, -0.2) is 37.2 Å². The van der Waals surface area contributed by atoms with E-state index in [9.17, 15) is 14.4 Å². The summed E-state index contributed by atoms with van der Waals surface area (Å²) in [6.07, 6.45) is 88.0. The van der Waals surface area contributed by atoms with Crippen LogP contribution in [0, 0.1) is 0 Å². The predicted octanol–water partition coefficient (Wildman–Crippen LogP) is 22.2. The summed E-state index contributed by atoms with van der Waals surface area (Å²) in [6, 6.07) is 0. The second kappa shape index (κ2) is 64.6. The maximum atomic E-state index is 12.9. The summed E-state index contributed by atoms with van der Waals surface area (Å²) >= 11 is 0. The third-order valence-electron chi connectivity index (χ3n) is 13.7. The SMILES string of the molecule is CC/C=C\C/C=C\C/C=C\C/C=C\C/C=C\C/C=C\CCCCCCCCC(=O)OCC(COC(=O)CCCCCCCCC/C=C\CCCCCCCC)OC(=O)CCCCCCCCC/C=C\C/C=C\CCCCC. The summed E-state index contributed by atoms with van der Waals surface area (Å²) in [5, 5.41) is 0. The van der Waals surface area contributed by atoms with Crippen LogP contribution in [0.2, 0.25) is 0 Å². The smallest absolute Gasteiger partial charge is 0.306 e. The molecule has 0 aliphatic carbocycles. The van der Waals surface area contributed by atoms with Crippen LogP contribution < -0.4 is 0 Å². The molecule has 6 nitrogen and oxygen atoms in total. The van der Waals surface area contributed by atoms with Gasteiger partial charge in [0, 0.05) is 19.3 Å². The molecule has 440 valence electrons. The zero-order valence-corrected chi connectivity index (χ0v) is 50.4. The molecule has 0 aliphatic heterocycles. The molecule has 0 saturated carbocycles. The van der Waals surface area contributed by atoms with E-state index < -0.39 is 6.10 Å². The van der Waals surface area contributed by atoms with Crippen LogP contribution in [0.15, 0.2) is 109 Å². The van der Waals surface area contributed by atoms with Crippen molar-refractivity contribution in [2.45, 2.75) is 309 Å². The third-order valence-corrected chi connectivity index (χ3v) is 13.7. The highest BCUT2D eigenvalue weighted by molar-refractivity contribution is 5.71. The van der Waals surface area contributed by atoms with Gasteiger partial charge in [-0.25, -0.2) is 0 Å². The number of ether oxygens (including phenoxy) is 3. The van der Waals surface area contributed by atoms with Crippen molar-refractivity contribution in [1.82, 2.24) is 0 Å². The van der Waals surface area contributed by atoms with E-state index in [2.05, 4.69) is 130 Å². The molecule has 0 amide bonds. The minimum Gasteiger partial charge on any atom is -0.462 e. The van der Waals surface area contributed by atoms with Gasteiger partial charge in [-0.15, -0.1) is 0 Å². The quantitative estimate of drug-likeness (QED) is 0.0261. The second-order valence-corrected chi connectivity index (χ2v) is 21.3. The topological polar surface area (TPSA) is 78.9 Å². The number of carbonyl (C=O) groups is 3. The standard InChI is InChI=1S/C71H120O6/c1-4-7-10-13-16-19-22-25-28-31-32-33-34-35-36-37-38-41-43-46-49-52-55-58-61-64-70(73)76-67-68(77-71(74)65-62-59-56-53-50-47-44-40-30-27-24-21-18-15-12-9-6-3)66-75-69(72)63-60-57-54-51-48-45-42-39-29-26-23-20-17-14-11-8-5-2/h7,10,16,18-19,21,25-30,32-33,35-36,38,41,68H,4-6,8-9,11-15,17,20,22-24,31,34,37,39-40,42-67H2,1-3H3/b10-7-,19-16-,21-18-,28-25-,29-26-,30-27-,33-32-,36-35-,41-38-. The average molecular weight is 1070 g/mol. The first-order valence-corrected chi connectivity index (χ1v) is 32.4. The lowest BCUT2D eigenvalue weighted by Gasteiger charge is -2.18. The van der Waals surface area contributed by atoms with E-state index in [1.165, 1.54) is 141 Å². The zero-order chi connectivity index (χ0) is 55.7. The summed E-state index contributed by atoms with van der Waals surface area (Å²) < 4.78 is 16.9. The molecule has 0 spiro atoms. The van der Waals surface area contributed by atoms with Crippen molar-refractivity contribution in [3.8, 4) is 0 Å². The minimum absolute atomic E-state index is 0.0885. The molecule has 0 bridgehead atoms. The Kier molecular flexibility index (Phi) is 61.3. The highest BCUT2D eigenvalue weighted by Crippen LogP contribution is 2.15. The lowest BCUT2D eigenvalue weighted by molar-refractivity contribution is -0.167. The fraction of sp³-hybridized carbons (Fsp3) is 0.704. The van der Waals surface area contributed by atoms with Gasteiger partial charge < -0.3 is 14.2 Å². The van der Waals surface area contributed by atoms with Crippen molar-refractivity contribution in [2.24, 2.45) is 0 Å². The normalized spacial score (nSPS) is 12.8. The van der Waals surface area contributed by atoms with E-state index >= 15 is 0 Å². The fourth-order valence-electron chi connectivity index (χ4n) is 8.88. The predicted molar refractivity (Wildman–Crippen MR) is 334 cm³/mol. The van der Waals surface area contributed by atoms with Crippen LogP contribution in [0.5, 0.6) is 0 Å². The largest absolute Gasteiger partial charge is 0.462 e. The maximum absolute atomic E-state index is 12.9. The first-order chi connectivity index (χ1) is 38.0. The Hall–Kier alpha value is -3.93. The van der Waals surface area contributed by atoms with Crippen LogP contribution >= 0.6 is 0 Å². The number of carbonyl (C=O) groups excluding carboxylic acids is 3. The minimum atomic E-state index is -0.794. The zero-order valence-electron chi connectivity index (χ0n) is 50.4. The Morgan fingerprint density at radius 3 is 0.831 bits per heavy atom. The molecule has 0 fully saturated rings. The molecule has 6 heteroatoms. The first-order valence-electron chi connectivity index (χ1n) is 32.4. The van der Waals surface area contributed by atoms with Crippen LogP contribution in [0.25, 0.3) is 0 Å². The van der Waals surface area contributed by atoms with Crippen molar-refractivity contribution >= 4 is 17.9 Å². The van der Waals surface area contributed by atoms with Crippen molar-refractivity contribution < 1.29 is 28.6 Å². The molecule has 0 aromatic heterocycles. The fourth-order valence-corrected chi connectivity index (χ4v) is 8.88. The molecule has 0 heterocycles. The third kappa shape index (κ3) is 62.8. The number of unbranched alkanes of at least 4 members (excludes halogenated alkanes) is 29. The molecule has 0 aliphatic rings. The van der Waals surface area contributed by atoms with Crippen molar-refractivity contribution in [2.75, 3.05) is 13.2 Å². The van der Waals surface area contributed by atoms with Crippen molar-refractivity contribution in [1.29, 1.82) is 0 Å². The number of rotatable bonds is 58. The van der Waals surface area contributed by atoms with Gasteiger partial charge in [-0.05, 0) is 128 Å². The van der Waals surface area contributed by atoms with Gasteiger partial charge in [0.25, 0.3) is 0 Å².